The van der Waals surface area contributed by atoms with Crippen LogP contribution in [0.1, 0.15) is 51.9 Å². The Morgan fingerprint density at radius 1 is 1.23 bits per heavy atom. The van der Waals surface area contributed by atoms with Gasteiger partial charge in [-0.05, 0) is 45.4 Å². The predicted octanol–water partition coefficient (Wildman–Crippen LogP) is 1.61. The third-order valence-corrected chi connectivity index (χ3v) is 6.81. The molecule has 0 radical (unpaired) electrons. The zero-order valence-corrected chi connectivity index (χ0v) is 18.0. The molecule has 2 saturated heterocycles. The highest BCUT2D eigenvalue weighted by molar-refractivity contribution is 5.88. The van der Waals surface area contributed by atoms with E-state index in [1.54, 1.807) is 4.90 Å². The van der Waals surface area contributed by atoms with Crippen LogP contribution < -0.4 is 10.6 Å². The monoisotopic (exact) mass is 439 g/mol. The molecule has 4 rings (SSSR count). The van der Waals surface area contributed by atoms with E-state index in [9.17, 15) is 18.4 Å². The summed E-state index contributed by atoms with van der Waals surface area (Å²) in [5, 5.41) is 14.2. The minimum atomic E-state index is -3.13. The molecule has 1 atom stereocenters. The Morgan fingerprint density at radius 2 is 1.90 bits per heavy atom. The number of nitrogens with one attached hydrogen (secondary N) is 2. The molecule has 2 heterocycles. The van der Waals surface area contributed by atoms with Crippen LogP contribution in [-0.4, -0.2) is 83.7 Å². The highest BCUT2D eigenvalue weighted by Gasteiger charge is 2.47. The van der Waals surface area contributed by atoms with Gasteiger partial charge in [-0.25, -0.2) is 13.6 Å². The zero-order chi connectivity index (χ0) is 22.3. The fourth-order valence-electron chi connectivity index (χ4n) is 4.57. The van der Waals surface area contributed by atoms with Crippen molar-refractivity contribution < 1.29 is 23.1 Å². The summed E-state index contributed by atoms with van der Waals surface area (Å²) in [4.78, 5) is 29.4. The van der Waals surface area contributed by atoms with Crippen molar-refractivity contribution in [2.24, 2.45) is 0 Å². The molecule has 0 bridgehead atoms. The highest BCUT2D eigenvalue weighted by atomic mass is 19.3. The van der Waals surface area contributed by atoms with Crippen LogP contribution in [0.3, 0.4) is 0 Å². The van der Waals surface area contributed by atoms with E-state index in [1.807, 2.05) is 6.07 Å². The number of ether oxygens (including phenoxy) is 1. The summed E-state index contributed by atoms with van der Waals surface area (Å²) >= 11 is 0. The third-order valence-electron chi connectivity index (χ3n) is 6.81. The first-order chi connectivity index (χ1) is 14.6. The van der Waals surface area contributed by atoms with E-state index in [2.05, 4.69) is 15.5 Å². The molecular formula is C21H31F2N5O3. The van der Waals surface area contributed by atoms with Crippen LogP contribution in [-0.2, 0) is 9.53 Å². The van der Waals surface area contributed by atoms with Crippen molar-refractivity contribution in [1.29, 1.82) is 5.26 Å². The van der Waals surface area contributed by atoms with E-state index in [-0.39, 0.29) is 5.60 Å². The van der Waals surface area contributed by atoms with Gasteiger partial charge in [0.25, 0.3) is 0 Å². The number of urea groups is 1. The molecule has 172 valence electrons. The number of nitriles is 1. The molecule has 4 fully saturated rings. The molecule has 0 unspecified atom stereocenters. The van der Waals surface area contributed by atoms with Crippen molar-refractivity contribution in [3.8, 4) is 6.07 Å². The number of hydrogen-bond acceptors (Lipinski definition) is 5. The second kappa shape index (κ2) is 8.17. The molecule has 4 aliphatic rings. The summed E-state index contributed by atoms with van der Waals surface area (Å²) in [6.07, 6.45) is 4.01. The normalized spacial score (nSPS) is 26.1. The molecule has 0 aromatic carbocycles. The Hall–Kier alpha value is -1.99. The van der Waals surface area contributed by atoms with E-state index >= 15 is 0 Å². The summed E-state index contributed by atoms with van der Waals surface area (Å²) in [5.74, 6) is -3.87. The number of amides is 3. The van der Waals surface area contributed by atoms with Gasteiger partial charge in [0.2, 0.25) is 11.8 Å². The maximum absolute atomic E-state index is 13.7. The number of carbonyl (C=O) groups is 2. The second-order valence-electron chi connectivity index (χ2n) is 9.68. The van der Waals surface area contributed by atoms with Crippen molar-refractivity contribution in [2.75, 3.05) is 32.8 Å². The molecular weight excluding hydrogens is 408 g/mol. The maximum Gasteiger partial charge on any atom is 0.318 e. The number of rotatable bonds is 6. The second-order valence-corrected chi connectivity index (χ2v) is 9.68. The molecule has 3 amide bonds. The van der Waals surface area contributed by atoms with Crippen molar-refractivity contribution in [2.45, 2.75) is 81.0 Å². The number of piperidine rings is 1. The van der Waals surface area contributed by atoms with Crippen LogP contribution in [0, 0.1) is 11.3 Å². The number of halogens is 2. The molecule has 2 aliphatic heterocycles. The first kappa shape index (κ1) is 22.2. The number of nitrogens with zero attached hydrogens (tertiary/aromatic N) is 3. The van der Waals surface area contributed by atoms with Crippen molar-refractivity contribution in [1.82, 2.24) is 20.4 Å². The van der Waals surface area contributed by atoms with Gasteiger partial charge in [-0.15, -0.1) is 0 Å². The van der Waals surface area contributed by atoms with Crippen molar-refractivity contribution >= 4 is 11.9 Å². The Bertz CT molecular complexity index is 749. The Balaban J connectivity index is 1.33. The lowest BCUT2D eigenvalue weighted by molar-refractivity contribution is -0.134. The number of alkyl halides is 2. The van der Waals surface area contributed by atoms with E-state index in [0.29, 0.717) is 58.3 Å². The molecule has 8 nitrogen and oxygen atoms in total. The third kappa shape index (κ3) is 5.44. The molecule has 0 aromatic heterocycles. The highest BCUT2D eigenvalue weighted by Crippen LogP contribution is 2.36. The first-order valence-electron chi connectivity index (χ1n) is 11.2. The Labute approximate surface area is 181 Å². The SMILES string of the molecule is CC(F)(F)C[C@H](NC(=O)N1CCC2(CC1)CN(C1CC1)CCO2)C(=O)NC1(C#N)CC1. The Morgan fingerprint density at radius 3 is 2.45 bits per heavy atom. The van der Waals surface area contributed by atoms with Gasteiger partial charge in [-0.2, -0.15) is 5.26 Å². The maximum atomic E-state index is 13.7. The van der Waals surface area contributed by atoms with Gasteiger partial charge >= 0.3 is 6.03 Å². The van der Waals surface area contributed by atoms with Gasteiger partial charge in [0.15, 0.2) is 0 Å². The standard InChI is InChI=1S/C21H31F2N5O3/c1-19(22,23)12-16(17(29)26-20(13-24)4-5-20)25-18(30)27-8-6-21(7-9-27)14-28(10-11-31-21)15-2-3-15/h15-16H,2-12,14H2,1H3,(H,25,30)(H,26,29)/t16-/m0/s1. The summed E-state index contributed by atoms with van der Waals surface area (Å²) in [5.41, 5.74) is -1.23. The molecule has 31 heavy (non-hydrogen) atoms. The smallest absolute Gasteiger partial charge is 0.318 e. The largest absolute Gasteiger partial charge is 0.372 e. The average molecular weight is 440 g/mol. The first-order valence-corrected chi connectivity index (χ1v) is 11.2. The fraction of sp³-hybridized carbons (Fsp3) is 0.857. The minimum absolute atomic E-state index is 0.254. The van der Waals surface area contributed by atoms with E-state index < -0.39 is 35.9 Å². The van der Waals surface area contributed by atoms with Crippen LogP contribution in [0.5, 0.6) is 0 Å². The number of morpholine rings is 1. The summed E-state index contributed by atoms with van der Waals surface area (Å²) in [7, 11) is 0. The quantitative estimate of drug-likeness (QED) is 0.655. The topological polar surface area (TPSA) is 97.7 Å². The number of carbonyl (C=O) groups excluding carboxylic acids is 2. The molecule has 10 heteroatoms. The molecule has 2 N–H and O–H groups in total. The summed E-state index contributed by atoms with van der Waals surface area (Å²) < 4.78 is 33.4. The average Bonchev–Trinajstić information content (AvgIpc) is 3.62. The fourth-order valence-corrected chi connectivity index (χ4v) is 4.57. The van der Waals surface area contributed by atoms with E-state index in [1.165, 1.54) is 12.8 Å². The van der Waals surface area contributed by atoms with Gasteiger partial charge < -0.3 is 20.3 Å². The van der Waals surface area contributed by atoms with Crippen LogP contribution in [0.2, 0.25) is 0 Å². The predicted molar refractivity (Wildman–Crippen MR) is 107 cm³/mol. The zero-order valence-electron chi connectivity index (χ0n) is 18.0. The van der Waals surface area contributed by atoms with E-state index in [0.717, 1.165) is 13.1 Å². The lowest BCUT2D eigenvalue weighted by atomic mass is 9.89. The molecule has 1 spiro atoms. The lowest BCUT2D eigenvalue weighted by Gasteiger charge is -2.47. The van der Waals surface area contributed by atoms with Crippen LogP contribution >= 0.6 is 0 Å². The van der Waals surface area contributed by atoms with Crippen LogP contribution in [0.25, 0.3) is 0 Å². The van der Waals surface area contributed by atoms with E-state index in [4.69, 9.17) is 10.00 Å². The summed E-state index contributed by atoms with van der Waals surface area (Å²) in [6.45, 7) is 4.12. The molecule has 2 aliphatic carbocycles. The van der Waals surface area contributed by atoms with Gasteiger partial charge in [0.05, 0.1) is 18.3 Å². The number of likely N-dealkylation sites (tertiary alicyclic amines) is 1. The van der Waals surface area contributed by atoms with Gasteiger partial charge in [0.1, 0.15) is 11.6 Å². The lowest BCUT2D eigenvalue weighted by Crippen LogP contribution is -2.60. The Kier molecular flexibility index (Phi) is 5.85. The molecule has 2 saturated carbocycles. The number of hydrogen-bond donors (Lipinski definition) is 2. The van der Waals surface area contributed by atoms with Gasteiger partial charge in [0, 0.05) is 38.6 Å². The van der Waals surface area contributed by atoms with Crippen LogP contribution in [0.15, 0.2) is 0 Å². The van der Waals surface area contributed by atoms with Crippen LogP contribution in [0.4, 0.5) is 13.6 Å². The summed E-state index contributed by atoms with van der Waals surface area (Å²) in [6, 6.07) is 0.744. The van der Waals surface area contributed by atoms with Crippen molar-refractivity contribution in [3.63, 3.8) is 0 Å². The van der Waals surface area contributed by atoms with Gasteiger partial charge in [-0.1, -0.05) is 0 Å². The molecule has 0 aromatic rings. The van der Waals surface area contributed by atoms with Crippen molar-refractivity contribution in [3.05, 3.63) is 0 Å². The minimum Gasteiger partial charge on any atom is -0.372 e. The van der Waals surface area contributed by atoms with Gasteiger partial charge in [-0.3, -0.25) is 9.69 Å².